The lowest BCUT2D eigenvalue weighted by atomic mass is 10.1. The Morgan fingerprint density at radius 1 is 0.966 bits per heavy atom. The molecule has 1 heterocycles. The molecular weight excluding hydrogens is 419 g/mol. The fourth-order valence-corrected chi connectivity index (χ4v) is 2.87. The smallest absolute Gasteiger partial charge is 0.282 e. The first-order valence-corrected chi connectivity index (χ1v) is 8.90. The van der Waals surface area contributed by atoms with Gasteiger partial charge in [-0.15, -0.1) is 10.2 Å². The number of anilines is 2. The monoisotopic (exact) mass is 432 g/mol. The topological polar surface area (TPSA) is 143 Å². The Morgan fingerprint density at radius 3 is 2.07 bits per heavy atom. The minimum Gasteiger partial charge on any atom is -0.369 e. The summed E-state index contributed by atoms with van der Waals surface area (Å²) in [7, 11) is 0. The van der Waals surface area contributed by atoms with Crippen LogP contribution in [-0.2, 0) is 14.4 Å². The van der Waals surface area contributed by atoms with Crippen LogP contribution in [0.15, 0.2) is 58.7 Å². The molecule has 0 aliphatic carbocycles. The molecule has 1 saturated heterocycles. The number of rotatable bonds is 4. The van der Waals surface area contributed by atoms with E-state index in [1.807, 2.05) is 0 Å². The first-order valence-electron chi connectivity index (χ1n) is 8.14. The predicted octanol–water partition coefficient (Wildman–Crippen LogP) is 1.75. The number of carbonyl (C=O) groups is 3. The molecule has 0 bridgehead atoms. The maximum absolute atomic E-state index is 12.9. The van der Waals surface area contributed by atoms with Gasteiger partial charge in [-0.3, -0.25) is 14.4 Å². The molecule has 3 rings (SSSR count). The van der Waals surface area contributed by atoms with Gasteiger partial charge in [-0.25, -0.2) is 4.90 Å². The van der Waals surface area contributed by atoms with Crippen molar-refractivity contribution in [1.29, 1.82) is 0 Å². The number of hydrogen-bond acceptors (Lipinski definition) is 5. The van der Waals surface area contributed by atoms with Crippen molar-refractivity contribution in [2.75, 3.05) is 10.2 Å². The van der Waals surface area contributed by atoms with E-state index in [-0.39, 0.29) is 5.69 Å². The molecule has 0 aromatic heterocycles. The van der Waals surface area contributed by atoms with Gasteiger partial charge in [0.25, 0.3) is 11.8 Å². The Bertz CT molecular complexity index is 1030. The van der Waals surface area contributed by atoms with E-state index >= 15 is 0 Å². The van der Waals surface area contributed by atoms with E-state index in [0.29, 0.717) is 15.7 Å². The fraction of sp³-hybridized carbons (Fsp3) is 0.0556. The molecule has 1 fully saturated rings. The maximum atomic E-state index is 12.9. The number of halogens is 2. The summed E-state index contributed by atoms with van der Waals surface area (Å²) in [5, 5.41) is 10.5. The van der Waals surface area contributed by atoms with Crippen molar-refractivity contribution in [3.05, 3.63) is 58.6 Å². The van der Waals surface area contributed by atoms with E-state index in [1.54, 1.807) is 24.3 Å². The normalized spacial score (nSPS) is 17.5. The summed E-state index contributed by atoms with van der Waals surface area (Å²) in [5.74, 6) is -4.37. The molecular formula is C18H14Cl2N6O3. The van der Waals surface area contributed by atoms with E-state index in [2.05, 4.69) is 15.5 Å². The molecule has 2 aromatic carbocycles. The summed E-state index contributed by atoms with van der Waals surface area (Å²) in [5.41, 5.74) is 10.7. The van der Waals surface area contributed by atoms with Crippen LogP contribution in [0.25, 0.3) is 0 Å². The quantitative estimate of drug-likeness (QED) is 0.221. The third kappa shape index (κ3) is 4.36. The van der Waals surface area contributed by atoms with Crippen molar-refractivity contribution in [3.63, 3.8) is 0 Å². The van der Waals surface area contributed by atoms with Gasteiger partial charge >= 0.3 is 0 Å². The average Bonchev–Trinajstić information content (AvgIpc) is 2.92. The van der Waals surface area contributed by atoms with E-state index in [9.17, 15) is 14.4 Å². The lowest BCUT2D eigenvalue weighted by Crippen LogP contribution is -2.34. The minimum absolute atomic E-state index is 0.226. The zero-order valence-corrected chi connectivity index (χ0v) is 16.2. The van der Waals surface area contributed by atoms with E-state index in [0.717, 1.165) is 4.90 Å². The summed E-state index contributed by atoms with van der Waals surface area (Å²) in [6.45, 7) is 0. The average molecular weight is 433 g/mol. The predicted molar refractivity (Wildman–Crippen MR) is 111 cm³/mol. The molecule has 0 spiro atoms. The van der Waals surface area contributed by atoms with Gasteiger partial charge in [0.2, 0.25) is 11.9 Å². The van der Waals surface area contributed by atoms with Gasteiger partial charge in [0.1, 0.15) is 0 Å². The Hall–Kier alpha value is -3.43. The van der Waals surface area contributed by atoms with Crippen molar-refractivity contribution in [1.82, 2.24) is 0 Å². The zero-order valence-electron chi connectivity index (χ0n) is 14.7. The highest BCUT2D eigenvalue weighted by molar-refractivity contribution is 6.61. The van der Waals surface area contributed by atoms with Gasteiger partial charge in [-0.05, 0) is 48.5 Å². The van der Waals surface area contributed by atoms with Gasteiger partial charge in [0.05, 0.1) is 5.69 Å². The van der Waals surface area contributed by atoms with E-state index < -0.39 is 35.3 Å². The highest BCUT2D eigenvalue weighted by atomic mass is 35.5. The van der Waals surface area contributed by atoms with E-state index in [1.165, 1.54) is 24.3 Å². The van der Waals surface area contributed by atoms with E-state index in [4.69, 9.17) is 34.7 Å². The molecule has 5 N–H and O–H groups in total. The number of nitrogens with two attached hydrogens (primary N) is 2. The molecule has 1 atom stereocenters. The third-order valence-corrected chi connectivity index (χ3v) is 4.40. The van der Waals surface area contributed by atoms with Crippen LogP contribution in [0, 0.1) is 5.92 Å². The second-order valence-corrected chi connectivity index (χ2v) is 6.77. The van der Waals surface area contributed by atoms with Crippen LogP contribution in [0.3, 0.4) is 0 Å². The molecule has 3 amide bonds. The molecule has 148 valence electrons. The summed E-state index contributed by atoms with van der Waals surface area (Å²) in [4.78, 5) is 39.4. The molecule has 1 unspecified atom stereocenters. The molecule has 1 aliphatic heterocycles. The third-order valence-electron chi connectivity index (χ3n) is 3.89. The summed E-state index contributed by atoms with van der Waals surface area (Å²) in [6, 6.07) is 12.2. The number of amides is 3. The number of guanidine groups is 1. The maximum Gasteiger partial charge on any atom is 0.282 e. The first kappa shape index (κ1) is 20.3. The Labute approximate surface area is 175 Å². The van der Waals surface area contributed by atoms with Crippen LogP contribution >= 0.6 is 23.2 Å². The van der Waals surface area contributed by atoms with Gasteiger partial charge in [0, 0.05) is 15.7 Å². The van der Waals surface area contributed by atoms with Crippen LogP contribution in [0.1, 0.15) is 0 Å². The van der Waals surface area contributed by atoms with Crippen LogP contribution in [-0.4, -0.2) is 29.4 Å². The summed E-state index contributed by atoms with van der Waals surface area (Å²) < 4.78 is 0. The molecule has 1 aliphatic rings. The molecule has 0 radical (unpaired) electrons. The molecule has 11 heteroatoms. The van der Waals surface area contributed by atoms with Gasteiger partial charge in [-0.1, -0.05) is 23.2 Å². The van der Waals surface area contributed by atoms with Gasteiger partial charge in [0.15, 0.2) is 11.6 Å². The largest absolute Gasteiger partial charge is 0.369 e. The minimum atomic E-state index is -1.54. The zero-order chi connectivity index (χ0) is 21.1. The van der Waals surface area contributed by atoms with Crippen molar-refractivity contribution in [2.24, 2.45) is 27.6 Å². The standard InChI is InChI=1S/C18H14Cl2N6O3/c19-9-1-5-11(6-2-9)23-15(27)13-14(24-25-18(21)22)17(29)26(16(13)28)12-7-3-10(20)4-8-12/h1-8,13H,(H,23,27)(H4,21,22,25). The van der Waals surface area contributed by atoms with Gasteiger partial charge in [-0.2, -0.15) is 0 Å². The highest BCUT2D eigenvalue weighted by Crippen LogP contribution is 2.27. The van der Waals surface area contributed by atoms with Crippen LogP contribution in [0.5, 0.6) is 0 Å². The lowest BCUT2D eigenvalue weighted by Gasteiger charge is -2.14. The lowest BCUT2D eigenvalue weighted by molar-refractivity contribution is -0.127. The van der Waals surface area contributed by atoms with Gasteiger partial charge < -0.3 is 16.8 Å². The Kier molecular flexibility index (Phi) is 5.81. The molecule has 2 aromatic rings. The molecule has 9 nitrogen and oxygen atoms in total. The number of benzene rings is 2. The number of nitrogens with zero attached hydrogens (tertiary/aromatic N) is 3. The van der Waals surface area contributed by atoms with Crippen molar-refractivity contribution in [3.8, 4) is 0 Å². The van der Waals surface area contributed by atoms with Crippen LogP contribution in [0.4, 0.5) is 11.4 Å². The molecule has 0 saturated carbocycles. The first-order chi connectivity index (χ1) is 13.8. The highest BCUT2D eigenvalue weighted by Gasteiger charge is 2.50. The summed E-state index contributed by atoms with van der Waals surface area (Å²) >= 11 is 11.7. The van der Waals surface area contributed by atoms with Crippen LogP contribution < -0.4 is 21.7 Å². The Morgan fingerprint density at radius 2 is 1.52 bits per heavy atom. The summed E-state index contributed by atoms with van der Waals surface area (Å²) in [6.07, 6.45) is 0. The second kappa shape index (κ2) is 8.29. The molecule has 29 heavy (non-hydrogen) atoms. The van der Waals surface area contributed by atoms with Crippen molar-refractivity contribution < 1.29 is 14.4 Å². The SMILES string of the molecule is NC(N)=NN=C1C(=O)N(c2ccc(Cl)cc2)C(=O)C1C(=O)Nc1ccc(Cl)cc1. The number of imide groups is 1. The number of hydrogen-bond donors (Lipinski definition) is 3. The van der Waals surface area contributed by atoms with Crippen molar-refractivity contribution >= 4 is 64.0 Å². The fourth-order valence-electron chi connectivity index (χ4n) is 2.61. The Balaban J connectivity index is 1.98. The second-order valence-electron chi connectivity index (χ2n) is 5.89. The number of carbonyl (C=O) groups excluding carboxylic acids is 3. The van der Waals surface area contributed by atoms with Crippen molar-refractivity contribution in [2.45, 2.75) is 0 Å². The van der Waals surface area contributed by atoms with Crippen LogP contribution in [0.2, 0.25) is 10.0 Å². The number of nitrogens with one attached hydrogen (secondary N) is 1.